The molecular weight excluding hydrogens is 440 g/mol. The maximum absolute atomic E-state index is 13.8. The van der Waals surface area contributed by atoms with Crippen LogP contribution in [0, 0.1) is 20.8 Å². The Morgan fingerprint density at radius 2 is 1.59 bits per heavy atom. The number of aromatic hydroxyl groups is 1. The van der Waals surface area contributed by atoms with Crippen molar-refractivity contribution in [3.05, 3.63) is 87.3 Å². The molecule has 0 unspecified atom stereocenters. The first-order valence-corrected chi connectivity index (χ1v) is 12.9. The molecule has 1 heterocycles. The molecule has 0 bridgehead atoms. The van der Waals surface area contributed by atoms with Gasteiger partial charge >= 0.3 is 0 Å². The average molecular weight is 471 g/mol. The third-order valence-corrected chi connectivity index (χ3v) is 8.05. The summed E-state index contributed by atoms with van der Waals surface area (Å²) in [5, 5.41) is 10.9. The molecule has 4 aromatic rings. The number of hydrogen-bond donors (Lipinski definition) is 1. The molecule has 0 atom stereocenters. The van der Waals surface area contributed by atoms with Crippen LogP contribution in [-0.2, 0) is 0 Å². The van der Waals surface area contributed by atoms with Gasteiger partial charge in [-0.05, 0) is 86.6 Å². The maximum atomic E-state index is 13.8. The van der Waals surface area contributed by atoms with Gasteiger partial charge in [-0.25, -0.2) is 0 Å². The van der Waals surface area contributed by atoms with Crippen LogP contribution in [-0.4, -0.2) is 10.9 Å². The second-order valence-corrected chi connectivity index (χ2v) is 10.6. The van der Waals surface area contributed by atoms with E-state index in [2.05, 4.69) is 12.1 Å². The summed E-state index contributed by atoms with van der Waals surface area (Å²) in [5.74, 6) is 2.06. The van der Waals surface area contributed by atoms with Gasteiger partial charge in [0.15, 0.2) is 5.75 Å². The van der Waals surface area contributed by atoms with Crippen LogP contribution in [0.2, 0.25) is 0 Å². The van der Waals surface area contributed by atoms with Crippen molar-refractivity contribution in [2.75, 3.05) is 0 Å². The van der Waals surface area contributed by atoms with Gasteiger partial charge in [0.1, 0.15) is 16.4 Å². The molecule has 0 saturated heterocycles. The highest BCUT2D eigenvalue weighted by Gasteiger charge is 2.25. The van der Waals surface area contributed by atoms with Gasteiger partial charge in [0, 0.05) is 15.6 Å². The Morgan fingerprint density at radius 3 is 2.26 bits per heavy atom. The number of rotatable bonds is 5. The van der Waals surface area contributed by atoms with Crippen LogP contribution in [0.25, 0.3) is 10.1 Å². The van der Waals surface area contributed by atoms with E-state index in [1.54, 1.807) is 12.1 Å². The summed E-state index contributed by atoms with van der Waals surface area (Å²) < 4.78 is 7.23. The number of carbonyl (C=O) groups excluding carboxylic acids is 1. The quantitative estimate of drug-likeness (QED) is 0.297. The number of phenols is 1. The van der Waals surface area contributed by atoms with Crippen LogP contribution in [0.1, 0.15) is 75.5 Å². The summed E-state index contributed by atoms with van der Waals surface area (Å²) >= 11 is 1.37. The summed E-state index contributed by atoms with van der Waals surface area (Å²) in [4.78, 5) is 14.4. The molecule has 1 saturated carbocycles. The topological polar surface area (TPSA) is 46.5 Å². The molecule has 4 heteroatoms. The van der Waals surface area contributed by atoms with Gasteiger partial charge in [-0.1, -0.05) is 49.1 Å². The summed E-state index contributed by atoms with van der Waals surface area (Å²) in [6.45, 7) is 6.01. The molecule has 34 heavy (non-hydrogen) atoms. The van der Waals surface area contributed by atoms with Crippen LogP contribution >= 0.6 is 11.3 Å². The van der Waals surface area contributed by atoms with E-state index < -0.39 is 0 Å². The summed E-state index contributed by atoms with van der Waals surface area (Å²) in [7, 11) is 0. The first-order chi connectivity index (χ1) is 16.4. The van der Waals surface area contributed by atoms with E-state index in [0.717, 1.165) is 38.1 Å². The Labute approximate surface area is 205 Å². The molecule has 1 N–H and O–H groups in total. The van der Waals surface area contributed by atoms with E-state index in [4.69, 9.17) is 4.74 Å². The first-order valence-electron chi connectivity index (χ1n) is 12.1. The van der Waals surface area contributed by atoms with Gasteiger partial charge in [-0.3, -0.25) is 4.79 Å². The minimum absolute atomic E-state index is 0.0375. The smallest absolute Gasteiger partial charge is 0.207 e. The van der Waals surface area contributed by atoms with Gasteiger partial charge in [0.25, 0.3) is 0 Å². The van der Waals surface area contributed by atoms with Crippen LogP contribution in [0.3, 0.4) is 0 Å². The normalized spacial score (nSPS) is 14.4. The van der Waals surface area contributed by atoms with Crippen molar-refractivity contribution in [1.82, 2.24) is 0 Å². The molecule has 0 amide bonds. The summed E-state index contributed by atoms with van der Waals surface area (Å²) in [6, 6.07) is 17.6. The van der Waals surface area contributed by atoms with Crippen LogP contribution in [0.15, 0.2) is 54.6 Å². The molecule has 1 fully saturated rings. The lowest BCUT2D eigenvalue weighted by atomic mass is 9.84. The lowest BCUT2D eigenvalue weighted by Gasteiger charge is -2.22. The van der Waals surface area contributed by atoms with E-state index in [1.807, 2.05) is 51.1 Å². The van der Waals surface area contributed by atoms with E-state index in [9.17, 15) is 9.90 Å². The molecule has 0 spiro atoms. The molecule has 3 aromatic carbocycles. The monoisotopic (exact) mass is 470 g/mol. The van der Waals surface area contributed by atoms with Gasteiger partial charge in [-0.15, -0.1) is 11.3 Å². The van der Waals surface area contributed by atoms with E-state index in [-0.39, 0.29) is 11.5 Å². The SMILES string of the molecule is Cc1cc(C)c(C(=O)c2sc3cc(O)ccc3c2Oc2ccc(C3CCCCC3)cc2)c(C)c1. The number of benzene rings is 3. The van der Waals surface area contributed by atoms with Crippen LogP contribution in [0.5, 0.6) is 17.2 Å². The number of ketones is 1. The Hall–Kier alpha value is -3.11. The minimum atomic E-state index is -0.0375. The summed E-state index contributed by atoms with van der Waals surface area (Å²) in [6.07, 6.45) is 6.47. The number of thiophene rings is 1. The second-order valence-electron chi connectivity index (χ2n) is 9.55. The van der Waals surface area contributed by atoms with Gasteiger partial charge in [0.2, 0.25) is 5.78 Å². The lowest BCUT2D eigenvalue weighted by Crippen LogP contribution is -2.06. The molecular formula is C30H30O3S. The fourth-order valence-corrected chi connectivity index (χ4v) is 6.44. The Balaban J connectivity index is 1.54. The molecule has 1 aromatic heterocycles. The molecule has 0 radical (unpaired) electrons. The van der Waals surface area contributed by atoms with Crippen molar-refractivity contribution in [2.45, 2.75) is 58.8 Å². The Morgan fingerprint density at radius 1 is 0.912 bits per heavy atom. The van der Waals surface area contributed by atoms with Gasteiger partial charge < -0.3 is 9.84 Å². The predicted octanol–water partition coefficient (Wildman–Crippen LogP) is 8.60. The standard InChI is InChI=1S/C30H30O3S/c1-18-15-19(2)27(20(3)16-18)28(32)30-29(25-14-11-23(31)17-26(25)34-30)33-24-12-9-22(10-13-24)21-7-5-4-6-8-21/h9-17,21,31H,4-8H2,1-3H3. The zero-order chi connectivity index (χ0) is 23.8. The van der Waals surface area contributed by atoms with Gasteiger partial charge in [0.05, 0.1) is 0 Å². The van der Waals surface area contributed by atoms with Gasteiger partial charge in [-0.2, -0.15) is 0 Å². The number of fused-ring (bicyclic) bond motifs is 1. The van der Waals surface area contributed by atoms with Crippen molar-refractivity contribution in [2.24, 2.45) is 0 Å². The van der Waals surface area contributed by atoms with Crippen LogP contribution in [0.4, 0.5) is 0 Å². The van der Waals surface area contributed by atoms with Crippen molar-refractivity contribution in [3.63, 3.8) is 0 Å². The summed E-state index contributed by atoms with van der Waals surface area (Å²) in [5.41, 5.74) is 5.16. The third-order valence-electron chi connectivity index (χ3n) is 6.91. The zero-order valence-corrected chi connectivity index (χ0v) is 20.8. The zero-order valence-electron chi connectivity index (χ0n) is 20.0. The van der Waals surface area contributed by atoms with Crippen LogP contribution < -0.4 is 4.74 Å². The third kappa shape index (κ3) is 4.35. The molecule has 1 aliphatic carbocycles. The highest BCUT2D eigenvalue weighted by molar-refractivity contribution is 7.21. The van der Waals surface area contributed by atoms with E-state index in [0.29, 0.717) is 16.5 Å². The molecule has 1 aliphatic rings. The number of ether oxygens (including phenoxy) is 1. The van der Waals surface area contributed by atoms with E-state index in [1.165, 1.54) is 49.0 Å². The maximum Gasteiger partial charge on any atom is 0.207 e. The molecule has 174 valence electrons. The fourth-order valence-electron chi connectivity index (χ4n) is 5.33. The van der Waals surface area contributed by atoms with Crippen molar-refractivity contribution in [1.29, 1.82) is 0 Å². The number of carbonyl (C=O) groups is 1. The van der Waals surface area contributed by atoms with E-state index >= 15 is 0 Å². The fraction of sp³-hybridized carbons (Fsp3) is 0.300. The molecule has 0 aliphatic heterocycles. The van der Waals surface area contributed by atoms with Crippen molar-refractivity contribution >= 4 is 27.2 Å². The molecule has 5 rings (SSSR count). The Kier molecular flexibility index (Phi) is 6.18. The highest BCUT2D eigenvalue weighted by Crippen LogP contribution is 2.43. The lowest BCUT2D eigenvalue weighted by molar-refractivity contribution is 0.103. The highest BCUT2D eigenvalue weighted by atomic mass is 32.1. The first kappa shape index (κ1) is 22.7. The second kappa shape index (κ2) is 9.27. The molecule has 3 nitrogen and oxygen atoms in total. The predicted molar refractivity (Wildman–Crippen MR) is 140 cm³/mol. The van der Waals surface area contributed by atoms with Crippen molar-refractivity contribution in [3.8, 4) is 17.2 Å². The number of phenolic OH excluding ortho intramolecular Hbond substituents is 1. The largest absolute Gasteiger partial charge is 0.508 e. The Bertz CT molecular complexity index is 1340. The average Bonchev–Trinajstić information content (AvgIpc) is 3.16. The van der Waals surface area contributed by atoms with Crippen molar-refractivity contribution < 1.29 is 14.6 Å². The number of aryl methyl sites for hydroxylation is 3. The minimum Gasteiger partial charge on any atom is -0.508 e. The number of hydrogen-bond acceptors (Lipinski definition) is 4.